The van der Waals surface area contributed by atoms with E-state index in [9.17, 15) is 19.7 Å². The molecular weight excluding hydrogens is 180 g/mol. The van der Waals surface area contributed by atoms with Crippen molar-refractivity contribution in [2.45, 2.75) is 0 Å². The fourth-order valence-corrected chi connectivity index (χ4v) is 0.738. The van der Waals surface area contributed by atoms with Gasteiger partial charge >= 0.3 is 17.3 Å². The maximum Gasteiger partial charge on any atom is 0.346 e. The molecule has 0 amide bonds. The third-order valence-corrected chi connectivity index (χ3v) is 1.32. The monoisotopic (exact) mass is 184 g/mol. The molecule has 0 unspecified atom stereocenters. The summed E-state index contributed by atoms with van der Waals surface area (Å²) in [5.74, 6) is -1.95. The Labute approximate surface area is 70.8 Å². The van der Waals surface area contributed by atoms with Gasteiger partial charge in [0.1, 0.15) is 5.56 Å². The van der Waals surface area contributed by atoms with Crippen molar-refractivity contribution in [2.24, 2.45) is 0 Å². The van der Waals surface area contributed by atoms with E-state index in [0.29, 0.717) is 0 Å². The molecule has 1 aromatic heterocycles. The van der Waals surface area contributed by atoms with Crippen molar-refractivity contribution in [3.8, 4) is 0 Å². The average Bonchev–Trinajstić information content (AvgIpc) is 2.03. The van der Waals surface area contributed by atoms with Crippen LogP contribution in [0.4, 0.5) is 5.82 Å². The van der Waals surface area contributed by atoms with Gasteiger partial charge in [-0.3, -0.25) is 0 Å². The van der Waals surface area contributed by atoms with Crippen LogP contribution >= 0.6 is 0 Å². The van der Waals surface area contributed by atoms with Crippen LogP contribution in [0.3, 0.4) is 0 Å². The number of nitrogens with one attached hydrogen (secondary N) is 1. The van der Waals surface area contributed by atoms with E-state index in [2.05, 4.69) is 0 Å². The smallest absolute Gasteiger partial charge is 0.346 e. The number of aromatic carboxylic acids is 1. The average molecular weight is 184 g/mol. The zero-order valence-corrected chi connectivity index (χ0v) is 6.18. The first-order valence-electron chi connectivity index (χ1n) is 3.13. The molecule has 0 aliphatic rings. The summed E-state index contributed by atoms with van der Waals surface area (Å²) in [4.78, 5) is 32.3. The summed E-state index contributed by atoms with van der Waals surface area (Å²) in [5.41, 5.74) is -1.51. The van der Waals surface area contributed by atoms with Crippen LogP contribution in [0.15, 0.2) is 16.9 Å². The molecule has 0 aliphatic heterocycles. The van der Waals surface area contributed by atoms with Crippen LogP contribution in [0, 0.1) is 10.1 Å². The number of nitro groups is 1. The highest BCUT2D eigenvalue weighted by atomic mass is 16.6. The summed E-state index contributed by atoms with van der Waals surface area (Å²) in [6.07, 6.45) is 0. The molecule has 0 saturated heterocycles. The largest absolute Gasteiger partial charge is 0.477 e. The Hall–Kier alpha value is -2.18. The molecule has 0 bridgehead atoms. The lowest BCUT2D eigenvalue weighted by molar-refractivity contribution is -0.389. The van der Waals surface area contributed by atoms with Crippen LogP contribution in [0.1, 0.15) is 10.4 Å². The topological polar surface area (TPSA) is 113 Å². The molecule has 1 heterocycles. The molecule has 2 N–H and O–H groups in total. The molecule has 1 aromatic rings. The van der Waals surface area contributed by atoms with Crippen LogP contribution < -0.4 is 5.56 Å². The van der Waals surface area contributed by atoms with Gasteiger partial charge in [-0.25, -0.2) is 14.6 Å². The van der Waals surface area contributed by atoms with Gasteiger partial charge in [-0.2, -0.15) is 0 Å². The Bertz CT molecular complexity index is 421. The zero-order chi connectivity index (χ0) is 10.0. The summed E-state index contributed by atoms with van der Waals surface area (Å²) < 4.78 is 0. The fourth-order valence-electron chi connectivity index (χ4n) is 0.738. The van der Waals surface area contributed by atoms with Gasteiger partial charge in [-0.15, -0.1) is 0 Å². The van der Waals surface area contributed by atoms with Crippen LogP contribution in [0.2, 0.25) is 0 Å². The maximum absolute atomic E-state index is 10.8. The van der Waals surface area contributed by atoms with E-state index in [4.69, 9.17) is 5.11 Å². The predicted octanol–water partition coefficient (Wildman–Crippen LogP) is -0.0187. The number of aromatic amines is 1. The third-order valence-electron chi connectivity index (χ3n) is 1.32. The quantitative estimate of drug-likeness (QED) is 0.495. The number of nitrogens with zero attached hydrogens (tertiary/aromatic N) is 1. The second-order valence-electron chi connectivity index (χ2n) is 2.15. The van der Waals surface area contributed by atoms with Gasteiger partial charge in [-0.05, 0) is 11.0 Å². The standard InChI is InChI=1S/C6H4N2O5/c9-5-3(6(10)11)1-2-4(7-5)8(12)13/h1-2H,(H,7,9)(H,10,11). The molecule has 0 spiro atoms. The second kappa shape index (κ2) is 3.05. The minimum absolute atomic E-state index is 0.523. The Balaban J connectivity index is 3.29. The number of carbonyl (C=O) groups is 1. The number of H-pyrrole nitrogens is 1. The highest BCUT2D eigenvalue weighted by Gasteiger charge is 2.13. The Morgan fingerprint density at radius 3 is 2.54 bits per heavy atom. The summed E-state index contributed by atoms with van der Waals surface area (Å²) in [5, 5.41) is 18.5. The van der Waals surface area contributed by atoms with Crippen molar-refractivity contribution in [1.29, 1.82) is 0 Å². The number of hydrogen-bond acceptors (Lipinski definition) is 4. The van der Waals surface area contributed by atoms with Gasteiger partial charge in [0.15, 0.2) is 0 Å². The lowest BCUT2D eigenvalue weighted by atomic mass is 10.3. The molecule has 0 radical (unpaired) electrons. The maximum atomic E-state index is 10.8. The first-order valence-corrected chi connectivity index (χ1v) is 3.13. The van der Waals surface area contributed by atoms with Crippen molar-refractivity contribution in [3.05, 3.63) is 38.2 Å². The SMILES string of the molecule is O=C(O)c1ccc([N+](=O)[O-])[nH]c1=O. The van der Waals surface area contributed by atoms with Crippen molar-refractivity contribution < 1.29 is 14.8 Å². The number of pyridine rings is 1. The first-order chi connectivity index (χ1) is 6.02. The van der Waals surface area contributed by atoms with Crippen molar-refractivity contribution in [2.75, 3.05) is 0 Å². The Morgan fingerprint density at radius 2 is 2.15 bits per heavy atom. The van der Waals surface area contributed by atoms with Crippen LogP contribution in [-0.4, -0.2) is 21.0 Å². The summed E-state index contributed by atoms with van der Waals surface area (Å²) in [6.45, 7) is 0. The summed E-state index contributed by atoms with van der Waals surface area (Å²) in [6, 6.07) is 1.81. The van der Waals surface area contributed by atoms with Gasteiger partial charge in [0.2, 0.25) is 0 Å². The zero-order valence-electron chi connectivity index (χ0n) is 6.18. The summed E-state index contributed by atoms with van der Waals surface area (Å²) >= 11 is 0. The predicted molar refractivity (Wildman–Crippen MR) is 40.7 cm³/mol. The van der Waals surface area contributed by atoms with Crippen LogP contribution in [0.25, 0.3) is 0 Å². The summed E-state index contributed by atoms with van der Waals surface area (Å²) in [7, 11) is 0. The number of rotatable bonds is 2. The molecule has 0 atom stereocenters. The minimum Gasteiger partial charge on any atom is -0.477 e. The Kier molecular flexibility index (Phi) is 2.09. The molecule has 7 nitrogen and oxygen atoms in total. The molecule has 68 valence electrons. The fraction of sp³-hybridized carbons (Fsp3) is 0. The van der Waals surface area contributed by atoms with Gasteiger partial charge in [-0.1, -0.05) is 0 Å². The van der Waals surface area contributed by atoms with E-state index >= 15 is 0 Å². The molecule has 0 fully saturated rings. The van der Waals surface area contributed by atoms with Gasteiger partial charge < -0.3 is 15.2 Å². The lowest BCUT2D eigenvalue weighted by Gasteiger charge is -1.93. The molecule has 0 saturated carbocycles. The minimum atomic E-state index is -1.42. The van der Waals surface area contributed by atoms with E-state index in [-0.39, 0.29) is 0 Å². The highest BCUT2D eigenvalue weighted by Crippen LogP contribution is 2.03. The number of aromatic nitrogens is 1. The van der Waals surface area contributed by atoms with Gasteiger partial charge in [0.25, 0.3) is 0 Å². The molecule has 1 rings (SSSR count). The van der Waals surface area contributed by atoms with Crippen molar-refractivity contribution in [1.82, 2.24) is 4.98 Å². The lowest BCUT2D eigenvalue weighted by Crippen LogP contribution is -2.17. The number of carboxylic acid groups (broad SMARTS) is 1. The Morgan fingerprint density at radius 1 is 1.54 bits per heavy atom. The molecule has 0 aliphatic carbocycles. The van der Waals surface area contributed by atoms with E-state index < -0.39 is 27.8 Å². The third kappa shape index (κ3) is 1.70. The normalized spacial score (nSPS) is 9.54. The van der Waals surface area contributed by atoms with Crippen LogP contribution in [-0.2, 0) is 0 Å². The first kappa shape index (κ1) is 8.91. The van der Waals surface area contributed by atoms with E-state index in [1.54, 1.807) is 0 Å². The van der Waals surface area contributed by atoms with Gasteiger partial charge in [0, 0.05) is 6.07 Å². The van der Waals surface area contributed by atoms with Crippen LogP contribution in [0.5, 0.6) is 0 Å². The molecule has 13 heavy (non-hydrogen) atoms. The molecule has 0 aromatic carbocycles. The molecular formula is C6H4N2O5. The second-order valence-corrected chi connectivity index (χ2v) is 2.15. The van der Waals surface area contributed by atoms with E-state index in [0.717, 1.165) is 12.1 Å². The number of hydrogen-bond donors (Lipinski definition) is 2. The van der Waals surface area contributed by atoms with Crippen molar-refractivity contribution >= 4 is 11.8 Å². The number of carboxylic acids is 1. The van der Waals surface area contributed by atoms with E-state index in [1.165, 1.54) is 0 Å². The highest BCUT2D eigenvalue weighted by molar-refractivity contribution is 5.87. The molecule has 7 heteroatoms. The van der Waals surface area contributed by atoms with Crippen molar-refractivity contribution in [3.63, 3.8) is 0 Å². The van der Waals surface area contributed by atoms with E-state index in [1.807, 2.05) is 4.98 Å². The van der Waals surface area contributed by atoms with Gasteiger partial charge in [0.05, 0.1) is 0 Å².